The van der Waals surface area contributed by atoms with Gasteiger partial charge in [-0.2, -0.15) is 0 Å². The summed E-state index contributed by atoms with van der Waals surface area (Å²) in [5.41, 5.74) is 0. The molecule has 1 aliphatic rings. The molecule has 68 valence electrons. The van der Waals surface area contributed by atoms with Gasteiger partial charge in [0.1, 0.15) is 0 Å². The number of hydrogen-bond donors (Lipinski definition) is 2. The molecule has 5 nitrogen and oxygen atoms in total. The van der Waals surface area contributed by atoms with E-state index < -0.39 is 6.09 Å². The molecule has 0 saturated carbocycles. The van der Waals surface area contributed by atoms with Crippen LogP contribution in [0.1, 0.15) is 13.3 Å². The van der Waals surface area contributed by atoms with Gasteiger partial charge < -0.3 is 15.3 Å². The van der Waals surface area contributed by atoms with Crippen LogP contribution in [0.2, 0.25) is 0 Å². The van der Waals surface area contributed by atoms with Crippen LogP contribution in [0.4, 0.5) is 4.79 Å². The van der Waals surface area contributed by atoms with Gasteiger partial charge >= 0.3 is 6.09 Å². The van der Waals surface area contributed by atoms with Gasteiger partial charge in [-0.1, -0.05) is 0 Å². The molecule has 1 rings (SSSR count). The van der Waals surface area contributed by atoms with Crippen LogP contribution in [0.25, 0.3) is 0 Å². The van der Waals surface area contributed by atoms with E-state index in [2.05, 4.69) is 5.32 Å². The number of nitrogens with one attached hydrogen (secondary N) is 1. The first-order valence-electron chi connectivity index (χ1n) is 3.84. The Kier molecular flexibility index (Phi) is 2.52. The summed E-state index contributed by atoms with van der Waals surface area (Å²) >= 11 is 0. The van der Waals surface area contributed by atoms with E-state index >= 15 is 0 Å². The molecule has 0 radical (unpaired) electrons. The third-order valence-corrected chi connectivity index (χ3v) is 1.96. The highest BCUT2D eigenvalue weighted by Crippen LogP contribution is 2.08. The van der Waals surface area contributed by atoms with Crippen LogP contribution in [0, 0.1) is 0 Å². The summed E-state index contributed by atoms with van der Waals surface area (Å²) in [7, 11) is 0. The van der Waals surface area contributed by atoms with Crippen molar-refractivity contribution >= 4 is 12.0 Å². The molecule has 0 aromatic heterocycles. The van der Waals surface area contributed by atoms with Gasteiger partial charge in [-0.15, -0.1) is 0 Å². The van der Waals surface area contributed by atoms with Crippen LogP contribution >= 0.6 is 0 Å². The third-order valence-electron chi connectivity index (χ3n) is 1.96. The van der Waals surface area contributed by atoms with Crippen LogP contribution in [0.3, 0.4) is 0 Å². The van der Waals surface area contributed by atoms with E-state index in [0.717, 1.165) is 0 Å². The van der Waals surface area contributed by atoms with Crippen molar-refractivity contribution in [2.24, 2.45) is 0 Å². The Hall–Kier alpha value is -1.26. The number of rotatable bonds is 1. The Balaban J connectivity index is 2.35. The summed E-state index contributed by atoms with van der Waals surface area (Å²) in [4.78, 5) is 22.7. The zero-order valence-electron chi connectivity index (χ0n) is 6.91. The van der Waals surface area contributed by atoms with Crippen molar-refractivity contribution < 1.29 is 14.7 Å². The number of nitrogens with zero attached hydrogens (tertiary/aromatic N) is 1. The van der Waals surface area contributed by atoms with Gasteiger partial charge in [-0.05, 0) is 6.42 Å². The molecule has 0 aromatic carbocycles. The van der Waals surface area contributed by atoms with E-state index in [1.54, 1.807) is 4.90 Å². The molecular weight excluding hydrogens is 160 g/mol. The lowest BCUT2D eigenvalue weighted by atomic mass is 10.3. The average Bonchev–Trinajstić information content (AvgIpc) is 2.34. The maximum atomic E-state index is 10.8. The number of carbonyl (C=O) groups is 2. The molecule has 0 spiro atoms. The predicted octanol–water partition coefficient (Wildman–Crippen LogP) is -0.125. The molecule has 1 saturated heterocycles. The summed E-state index contributed by atoms with van der Waals surface area (Å²) in [6, 6.07) is -0.0913. The number of amides is 2. The Morgan fingerprint density at radius 2 is 2.25 bits per heavy atom. The first kappa shape index (κ1) is 8.83. The van der Waals surface area contributed by atoms with Crippen molar-refractivity contribution in [2.75, 3.05) is 13.1 Å². The fourth-order valence-corrected chi connectivity index (χ4v) is 1.34. The van der Waals surface area contributed by atoms with E-state index in [9.17, 15) is 9.59 Å². The van der Waals surface area contributed by atoms with E-state index in [1.165, 1.54) is 6.92 Å². The van der Waals surface area contributed by atoms with Crippen LogP contribution in [-0.2, 0) is 4.79 Å². The molecule has 0 aliphatic carbocycles. The topological polar surface area (TPSA) is 69.6 Å². The smallest absolute Gasteiger partial charge is 0.404 e. The first-order chi connectivity index (χ1) is 5.59. The van der Waals surface area contributed by atoms with E-state index in [1.807, 2.05) is 0 Å². The van der Waals surface area contributed by atoms with Gasteiger partial charge in [0, 0.05) is 20.0 Å². The number of hydrogen-bond acceptors (Lipinski definition) is 2. The lowest BCUT2D eigenvalue weighted by molar-refractivity contribution is -0.127. The predicted molar refractivity (Wildman–Crippen MR) is 41.8 cm³/mol. The van der Waals surface area contributed by atoms with E-state index in [-0.39, 0.29) is 11.9 Å². The molecule has 1 heterocycles. The molecule has 5 heteroatoms. The van der Waals surface area contributed by atoms with E-state index in [4.69, 9.17) is 5.11 Å². The quantitative estimate of drug-likeness (QED) is 0.579. The Morgan fingerprint density at radius 1 is 1.58 bits per heavy atom. The summed E-state index contributed by atoms with van der Waals surface area (Å²) in [5.74, 6) is 0.00434. The van der Waals surface area contributed by atoms with Crippen molar-refractivity contribution in [2.45, 2.75) is 19.4 Å². The second-order valence-corrected chi connectivity index (χ2v) is 2.90. The fourth-order valence-electron chi connectivity index (χ4n) is 1.34. The highest BCUT2D eigenvalue weighted by atomic mass is 16.4. The maximum Gasteiger partial charge on any atom is 0.404 e. The zero-order valence-corrected chi connectivity index (χ0v) is 6.91. The molecule has 0 aromatic rings. The number of carbonyl (C=O) groups excluding carboxylic acids is 1. The monoisotopic (exact) mass is 172 g/mol. The second-order valence-electron chi connectivity index (χ2n) is 2.90. The highest BCUT2D eigenvalue weighted by molar-refractivity contribution is 5.73. The van der Waals surface area contributed by atoms with Crippen molar-refractivity contribution in [3.05, 3.63) is 0 Å². The van der Waals surface area contributed by atoms with Crippen LogP contribution in [0.5, 0.6) is 0 Å². The molecule has 1 aliphatic heterocycles. The second kappa shape index (κ2) is 3.42. The minimum atomic E-state index is -1.02. The lowest BCUT2D eigenvalue weighted by Gasteiger charge is -2.13. The molecule has 2 N–H and O–H groups in total. The number of carboxylic acid groups (broad SMARTS) is 1. The fraction of sp³-hybridized carbons (Fsp3) is 0.714. The Labute approximate surface area is 70.4 Å². The summed E-state index contributed by atoms with van der Waals surface area (Å²) in [6.07, 6.45) is -0.309. The SMILES string of the molecule is CC(=O)N1CC[C@H](NC(=O)O)C1. The number of likely N-dealkylation sites (tertiary alicyclic amines) is 1. The molecule has 1 fully saturated rings. The normalized spacial score (nSPS) is 22.4. The highest BCUT2D eigenvalue weighted by Gasteiger charge is 2.24. The van der Waals surface area contributed by atoms with Crippen LogP contribution in [-0.4, -0.2) is 41.1 Å². The minimum absolute atomic E-state index is 0.00434. The van der Waals surface area contributed by atoms with Gasteiger partial charge in [-0.25, -0.2) is 4.79 Å². The molecular formula is C7H12N2O3. The third kappa shape index (κ3) is 2.11. The van der Waals surface area contributed by atoms with Gasteiger partial charge in [0.05, 0.1) is 6.04 Å². The molecule has 0 bridgehead atoms. The van der Waals surface area contributed by atoms with Gasteiger partial charge in [-0.3, -0.25) is 4.79 Å². The molecule has 12 heavy (non-hydrogen) atoms. The summed E-state index contributed by atoms with van der Waals surface area (Å²) in [5, 5.41) is 10.7. The van der Waals surface area contributed by atoms with Crippen LogP contribution < -0.4 is 5.32 Å². The maximum absolute atomic E-state index is 10.8. The van der Waals surface area contributed by atoms with Crippen molar-refractivity contribution in [1.29, 1.82) is 0 Å². The Morgan fingerprint density at radius 3 is 2.67 bits per heavy atom. The lowest BCUT2D eigenvalue weighted by Crippen LogP contribution is -2.37. The minimum Gasteiger partial charge on any atom is -0.465 e. The van der Waals surface area contributed by atoms with Crippen molar-refractivity contribution in [3.63, 3.8) is 0 Å². The van der Waals surface area contributed by atoms with E-state index in [0.29, 0.717) is 19.5 Å². The molecule has 2 amide bonds. The average molecular weight is 172 g/mol. The van der Waals surface area contributed by atoms with Gasteiger partial charge in [0.2, 0.25) is 5.91 Å². The van der Waals surface area contributed by atoms with Crippen molar-refractivity contribution in [1.82, 2.24) is 10.2 Å². The van der Waals surface area contributed by atoms with Gasteiger partial charge in [0.25, 0.3) is 0 Å². The van der Waals surface area contributed by atoms with Crippen molar-refractivity contribution in [3.8, 4) is 0 Å². The Bertz CT molecular complexity index is 205. The first-order valence-corrected chi connectivity index (χ1v) is 3.84. The summed E-state index contributed by atoms with van der Waals surface area (Å²) < 4.78 is 0. The zero-order chi connectivity index (χ0) is 9.14. The molecule has 0 unspecified atom stereocenters. The summed E-state index contributed by atoms with van der Waals surface area (Å²) in [6.45, 7) is 2.64. The van der Waals surface area contributed by atoms with Crippen LogP contribution in [0.15, 0.2) is 0 Å². The largest absolute Gasteiger partial charge is 0.465 e. The standard InChI is InChI=1S/C7H12N2O3/c1-5(10)9-3-2-6(4-9)8-7(11)12/h6,8H,2-4H2,1H3,(H,11,12)/t6-/m0/s1. The van der Waals surface area contributed by atoms with Gasteiger partial charge in [0.15, 0.2) is 0 Å². The molecule has 1 atom stereocenters.